The number of ether oxygens (including phenoxy) is 1. The molecule has 3 aromatic carbocycles. The maximum atomic E-state index is 13.6. The summed E-state index contributed by atoms with van der Waals surface area (Å²) in [6.07, 6.45) is 1.79. The third kappa shape index (κ3) is 4.12. The molecule has 2 amide bonds. The molecule has 6 nitrogen and oxygen atoms in total. The lowest BCUT2D eigenvalue weighted by Crippen LogP contribution is -2.33. The first-order valence-electron chi connectivity index (χ1n) is 12.5. The Bertz CT molecular complexity index is 1470. The Morgan fingerprint density at radius 1 is 0.868 bits per heavy atom. The lowest BCUT2D eigenvalue weighted by atomic mass is 9.73. The molecule has 192 valence electrons. The van der Waals surface area contributed by atoms with Crippen LogP contribution < -0.4 is 4.90 Å². The van der Waals surface area contributed by atoms with Crippen molar-refractivity contribution in [3.63, 3.8) is 0 Å². The van der Waals surface area contributed by atoms with Crippen LogP contribution in [0, 0.1) is 23.7 Å². The number of Topliss-reactive ketones (excluding diaryl/α,β-unsaturated/α-hetero) is 1. The molecule has 1 heterocycles. The Kier molecular flexibility index (Phi) is 6.33. The van der Waals surface area contributed by atoms with Crippen molar-refractivity contribution in [3.8, 4) is 0 Å². The topological polar surface area (TPSA) is 80.8 Å². The number of halogens is 2. The van der Waals surface area contributed by atoms with Gasteiger partial charge < -0.3 is 4.74 Å². The first kappa shape index (κ1) is 24.8. The molecule has 3 aromatic rings. The van der Waals surface area contributed by atoms with Crippen molar-refractivity contribution in [3.05, 3.63) is 99.5 Å². The molecule has 1 saturated heterocycles. The number of carbonyl (C=O) groups excluding carboxylic acids is 4. The van der Waals surface area contributed by atoms with Crippen LogP contribution in [0.25, 0.3) is 0 Å². The molecule has 0 spiro atoms. The summed E-state index contributed by atoms with van der Waals surface area (Å²) in [7, 11) is 0. The molecule has 1 aliphatic heterocycles. The Hall–Kier alpha value is -3.48. The summed E-state index contributed by atoms with van der Waals surface area (Å²) in [4.78, 5) is 53.5. The van der Waals surface area contributed by atoms with Crippen molar-refractivity contribution >= 4 is 52.5 Å². The van der Waals surface area contributed by atoms with E-state index in [4.69, 9.17) is 27.9 Å². The van der Waals surface area contributed by atoms with Gasteiger partial charge in [-0.25, -0.2) is 4.79 Å². The van der Waals surface area contributed by atoms with Crippen molar-refractivity contribution in [1.82, 2.24) is 0 Å². The average molecular weight is 548 g/mol. The summed E-state index contributed by atoms with van der Waals surface area (Å²) in [5.41, 5.74) is 1.89. The highest BCUT2D eigenvalue weighted by Gasteiger charge is 2.64. The molecule has 5 atom stereocenters. The fourth-order valence-electron chi connectivity index (χ4n) is 6.58. The molecule has 8 heteroatoms. The third-order valence-electron chi connectivity index (χ3n) is 8.15. The molecule has 2 bridgehead atoms. The minimum absolute atomic E-state index is 0.132. The van der Waals surface area contributed by atoms with Gasteiger partial charge in [-0.1, -0.05) is 59.6 Å². The van der Waals surface area contributed by atoms with E-state index in [0.29, 0.717) is 10.7 Å². The normalized spacial score (nSPS) is 25.5. The molecule has 6 rings (SSSR count). The van der Waals surface area contributed by atoms with Gasteiger partial charge in [0.05, 0.1) is 28.1 Å². The van der Waals surface area contributed by atoms with Gasteiger partial charge >= 0.3 is 5.97 Å². The largest absolute Gasteiger partial charge is 0.454 e. The number of imide groups is 1. The maximum absolute atomic E-state index is 13.6. The Morgan fingerprint density at radius 2 is 1.63 bits per heavy atom. The van der Waals surface area contributed by atoms with Gasteiger partial charge in [0.2, 0.25) is 17.6 Å². The highest BCUT2D eigenvalue weighted by Crippen LogP contribution is 2.61. The second-order valence-corrected chi connectivity index (χ2v) is 11.0. The van der Waals surface area contributed by atoms with Crippen LogP contribution >= 0.6 is 23.2 Å². The number of fused-ring (bicyclic) bond motifs is 5. The van der Waals surface area contributed by atoms with Crippen molar-refractivity contribution in [2.75, 3.05) is 11.5 Å². The predicted octanol–water partition coefficient (Wildman–Crippen LogP) is 5.96. The minimum atomic E-state index is -0.742. The summed E-state index contributed by atoms with van der Waals surface area (Å²) in [5.74, 6) is -1.70. The van der Waals surface area contributed by atoms with E-state index < -0.39 is 18.4 Å². The number of benzene rings is 3. The quantitative estimate of drug-likeness (QED) is 0.216. The molecule has 2 aliphatic carbocycles. The van der Waals surface area contributed by atoms with Gasteiger partial charge in [0.25, 0.3) is 0 Å². The van der Waals surface area contributed by atoms with Crippen molar-refractivity contribution in [1.29, 1.82) is 0 Å². The third-order valence-corrected chi connectivity index (χ3v) is 8.70. The van der Waals surface area contributed by atoms with E-state index in [1.165, 1.54) is 40.8 Å². The number of hydrogen-bond donors (Lipinski definition) is 0. The number of ketones is 1. The van der Waals surface area contributed by atoms with Crippen LogP contribution in [0.2, 0.25) is 10.0 Å². The summed E-state index contributed by atoms with van der Waals surface area (Å²) >= 11 is 11.9. The molecule has 0 aromatic heterocycles. The van der Waals surface area contributed by atoms with Crippen molar-refractivity contribution in [2.24, 2.45) is 23.7 Å². The van der Waals surface area contributed by atoms with E-state index in [2.05, 4.69) is 12.1 Å². The molecular formula is C30H23Cl2NO5. The van der Waals surface area contributed by atoms with Crippen LogP contribution in [0.5, 0.6) is 0 Å². The summed E-state index contributed by atoms with van der Waals surface area (Å²) in [6, 6.07) is 20.9. The van der Waals surface area contributed by atoms with Crippen molar-refractivity contribution in [2.45, 2.75) is 18.8 Å². The minimum Gasteiger partial charge on any atom is -0.454 e. The smallest absolute Gasteiger partial charge is 0.338 e. The Morgan fingerprint density at radius 3 is 2.39 bits per heavy atom. The van der Waals surface area contributed by atoms with Gasteiger partial charge in [0.1, 0.15) is 0 Å². The Balaban J connectivity index is 1.18. The van der Waals surface area contributed by atoms with E-state index in [1.807, 2.05) is 18.2 Å². The van der Waals surface area contributed by atoms with E-state index >= 15 is 0 Å². The zero-order valence-corrected chi connectivity index (χ0v) is 21.7. The fourth-order valence-corrected chi connectivity index (χ4v) is 7.09. The van der Waals surface area contributed by atoms with Gasteiger partial charge in [0.15, 0.2) is 6.61 Å². The lowest BCUT2D eigenvalue weighted by molar-refractivity contribution is -0.123. The van der Waals surface area contributed by atoms with Crippen molar-refractivity contribution < 1.29 is 23.9 Å². The number of hydrogen-bond acceptors (Lipinski definition) is 5. The monoisotopic (exact) mass is 547 g/mol. The number of nitrogens with zero attached hydrogens (tertiary/aromatic N) is 1. The summed E-state index contributed by atoms with van der Waals surface area (Å²) in [5, 5.41) is 0.555. The molecule has 2 saturated carbocycles. The standard InChI is InChI=1S/C30H23Cl2NO5/c31-19-9-10-21(24(32)14-19)25(34)15-38-30(37)17-7-4-8-20(11-17)33-28(35)26-18-12-22(16-5-2-1-3-6-16)23(13-18)27(26)29(33)36/h1-11,14,18,22-23,26-27H,12-13,15H2/t18-,22+,23-,26+,27+/m0/s1. The molecule has 3 fully saturated rings. The van der Waals surface area contributed by atoms with Gasteiger partial charge in [0, 0.05) is 10.6 Å². The molecular weight excluding hydrogens is 525 g/mol. The predicted molar refractivity (Wildman–Crippen MR) is 142 cm³/mol. The second kappa shape index (κ2) is 9.68. The van der Waals surface area contributed by atoms with E-state index in [-0.39, 0.29) is 57.6 Å². The second-order valence-electron chi connectivity index (χ2n) is 10.1. The van der Waals surface area contributed by atoms with Gasteiger partial charge in [-0.05, 0) is 72.6 Å². The number of anilines is 1. The van der Waals surface area contributed by atoms with Gasteiger partial charge in [-0.15, -0.1) is 0 Å². The van der Waals surface area contributed by atoms with Gasteiger partial charge in [-0.2, -0.15) is 0 Å². The molecule has 0 unspecified atom stereocenters. The number of rotatable bonds is 6. The van der Waals surface area contributed by atoms with Crippen LogP contribution in [0.4, 0.5) is 5.69 Å². The van der Waals surface area contributed by atoms with E-state index in [0.717, 1.165) is 12.8 Å². The summed E-state index contributed by atoms with van der Waals surface area (Å²) < 4.78 is 5.21. The van der Waals surface area contributed by atoms with Crippen LogP contribution in [0.3, 0.4) is 0 Å². The zero-order valence-electron chi connectivity index (χ0n) is 20.2. The highest BCUT2D eigenvalue weighted by molar-refractivity contribution is 6.36. The first-order valence-corrected chi connectivity index (χ1v) is 13.3. The number of esters is 1. The molecule has 0 radical (unpaired) electrons. The van der Waals surface area contributed by atoms with E-state index in [1.54, 1.807) is 12.1 Å². The van der Waals surface area contributed by atoms with E-state index in [9.17, 15) is 19.2 Å². The highest BCUT2D eigenvalue weighted by atomic mass is 35.5. The summed E-state index contributed by atoms with van der Waals surface area (Å²) in [6.45, 7) is -0.514. The SMILES string of the molecule is O=C(OCC(=O)c1ccc(Cl)cc1Cl)c1cccc(N2C(=O)[C@@H]3[C@@H]4C[C@H]([C@H]3C2=O)[C@@H](c2ccccc2)C4)c1. The Labute approximate surface area is 229 Å². The van der Waals surface area contributed by atoms with Crippen LogP contribution in [0.15, 0.2) is 72.8 Å². The molecule has 3 aliphatic rings. The first-order chi connectivity index (χ1) is 18.3. The maximum Gasteiger partial charge on any atom is 0.338 e. The lowest BCUT2D eigenvalue weighted by Gasteiger charge is -2.28. The van der Waals surface area contributed by atoms with Crippen LogP contribution in [-0.2, 0) is 14.3 Å². The fraction of sp³-hybridized carbons (Fsp3) is 0.267. The zero-order chi connectivity index (χ0) is 26.6. The molecule has 0 N–H and O–H groups in total. The average Bonchev–Trinajstić information content (AvgIpc) is 3.59. The number of carbonyl (C=O) groups is 4. The van der Waals surface area contributed by atoms with Crippen LogP contribution in [0.1, 0.15) is 45.0 Å². The van der Waals surface area contributed by atoms with Crippen LogP contribution in [-0.4, -0.2) is 30.2 Å². The molecule has 38 heavy (non-hydrogen) atoms. The van der Waals surface area contributed by atoms with Gasteiger partial charge in [-0.3, -0.25) is 19.3 Å². The number of amides is 2.